The fraction of sp³-hybridized carbons (Fsp3) is 0.600. The maximum absolute atomic E-state index is 13.0. The zero-order valence-corrected chi connectivity index (χ0v) is 12.0. The van der Waals surface area contributed by atoms with Gasteiger partial charge < -0.3 is 10.1 Å². The summed E-state index contributed by atoms with van der Waals surface area (Å²) in [7, 11) is 0. The molecule has 1 aromatic carbocycles. The quantitative estimate of drug-likeness (QED) is 0.717. The van der Waals surface area contributed by atoms with Crippen molar-refractivity contribution in [1.82, 2.24) is 5.32 Å². The van der Waals surface area contributed by atoms with Crippen LogP contribution >= 0.6 is 0 Å². The summed E-state index contributed by atoms with van der Waals surface area (Å²) >= 11 is 0. The second kappa shape index (κ2) is 8.15. The first-order chi connectivity index (χ1) is 9.49. The van der Waals surface area contributed by atoms with E-state index in [-0.39, 0.29) is 5.75 Å². The van der Waals surface area contributed by atoms with Gasteiger partial charge in [-0.25, -0.2) is 0 Å². The highest BCUT2D eigenvalue weighted by molar-refractivity contribution is 5.39. The molecule has 0 aromatic heterocycles. The number of unbranched alkanes of at least 4 members (excludes halogenated alkanes) is 1. The Labute approximate surface area is 118 Å². The molecule has 0 saturated heterocycles. The molecule has 0 spiro atoms. The average molecular weight is 289 g/mol. The van der Waals surface area contributed by atoms with Crippen LogP contribution in [0.25, 0.3) is 0 Å². The molecule has 20 heavy (non-hydrogen) atoms. The van der Waals surface area contributed by atoms with Crippen molar-refractivity contribution in [2.24, 2.45) is 0 Å². The topological polar surface area (TPSA) is 21.3 Å². The van der Waals surface area contributed by atoms with E-state index in [1.54, 1.807) is 6.07 Å². The summed E-state index contributed by atoms with van der Waals surface area (Å²) < 4.78 is 44.3. The van der Waals surface area contributed by atoms with Crippen LogP contribution in [0.15, 0.2) is 18.2 Å². The SMILES string of the molecule is CCCCOc1ccc(CNCCC)cc1C(F)(F)F. The van der Waals surface area contributed by atoms with Crippen molar-refractivity contribution >= 4 is 0 Å². The monoisotopic (exact) mass is 289 g/mol. The van der Waals surface area contributed by atoms with E-state index in [4.69, 9.17) is 4.74 Å². The number of alkyl halides is 3. The molecule has 1 aromatic rings. The van der Waals surface area contributed by atoms with Gasteiger partial charge in [-0.3, -0.25) is 0 Å². The highest BCUT2D eigenvalue weighted by Crippen LogP contribution is 2.36. The molecule has 0 bridgehead atoms. The van der Waals surface area contributed by atoms with Gasteiger partial charge in [0.25, 0.3) is 0 Å². The zero-order chi connectivity index (χ0) is 15.0. The van der Waals surface area contributed by atoms with E-state index < -0.39 is 11.7 Å². The Morgan fingerprint density at radius 1 is 1.15 bits per heavy atom. The third kappa shape index (κ3) is 5.41. The number of ether oxygens (including phenoxy) is 1. The number of hydrogen-bond acceptors (Lipinski definition) is 2. The average Bonchev–Trinajstić information content (AvgIpc) is 2.39. The molecular weight excluding hydrogens is 267 g/mol. The van der Waals surface area contributed by atoms with Crippen LogP contribution in [0.1, 0.15) is 44.2 Å². The highest BCUT2D eigenvalue weighted by Gasteiger charge is 2.34. The van der Waals surface area contributed by atoms with Crippen LogP contribution in [0.2, 0.25) is 0 Å². The molecule has 0 heterocycles. The first-order valence-electron chi connectivity index (χ1n) is 7.02. The fourth-order valence-electron chi connectivity index (χ4n) is 1.77. The third-order valence-corrected chi connectivity index (χ3v) is 2.86. The van der Waals surface area contributed by atoms with Gasteiger partial charge >= 0.3 is 6.18 Å². The van der Waals surface area contributed by atoms with Crippen LogP contribution in [-0.4, -0.2) is 13.2 Å². The van der Waals surface area contributed by atoms with Gasteiger partial charge in [-0.05, 0) is 37.1 Å². The summed E-state index contributed by atoms with van der Waals surface area (Å²) in [5.74, 6) is -0.0785. The fourth-order valence-corrected chi connectivity index (χ4v) is 1.77. The second-order valence-electron chi connectivity index (χ2n) is 4.71. The Balaban J connectivity index is 2.83. The molecule has 114 valence electrons. The number of hydrogen-bond donors (Lipinski definition) is 1. The summed E-state index contributed by atoms with van der Waals surface area (Å²) in [6, 6.07) is 4.27. The number of nitrogens with one attached hydrogen (secondary N) is 1. The highest BCUT2D eigenvalue weighted by atomic mass is 19.4. The predicted octanol–water partition coefficient (Wildman–Crippen LogP) is 4.38. The second-order valence-corrected chi connectivity index (χ2v) is 4.71. The minimum Gasteiger partial charge on any atom is -0.493 e. The van der Waals surface area contributed by atoms with Crippen molar-refractivity contribution in [2.75, 3.05) is 13.2 Å². The van der Waals surface area contributed by atoms with Gasteiger partial charge in [-0.1, -0.05) is 26.3 Å². The van der Waals surface area contributed by atoms with Gasteiger partial charge in [0, 0.05) is 6.54 Å². The van der Waals surface area contributed by atoms with Crippen molar-refractivity contribution < 1.29 is 17.9 Å². The summed E-state index contributed by atoms with van der Waals surface area (Å²) in [5.41, 5.74) is -0.0713. The van der Waals surface area contributed by atoms with Crippen LogP contribution in [0.4, 0.5) is 13.2 Å². The lowest BCUT2D eigenvalue weighted by atomic mass is 10.1. The molecule has 0 saturated carbocycles. The Kier molecular flexibility index (Phi) is 6.85. The molecular formula is C15H22F3NO. The van der Waals surface area contributed by atoms with E-state index in [1.807, 2.05) is 13.8 Å². The smallest absolute Gasteiger partial charge is 0.419 e. The Morgan fingerprint density at radius 3 is 2.50 bits per heavy atom. The Hall–Kier alpha value is -1.23. The van der Waals surface area contributed by atoms with Gasteiger partial charge in [0.05, 0.1) is 12.2 Å². The molecule has 2 nitrogen and oxygen atoms in total. The maximum Gasteiger partial charge on any atom is 0.419 e. The van der Waals surface area contributed by atoms with Gasteiger partial charge in [0.1, 0.15) is 5.75 Å². The van der Waals surface area contributed by atoms with Crippen molar-refractivity contribution in [1.29, 1.82) is 0 Å². The van der Waals surface area contributed by atoms with E-state index in [1.165, 1.54) is 12.1 Å². The summed E-state index contributed by atoms with van der Waals surface area (Å²) in [6.45, 7) is 5.52. The third-order valence-electron chi connectivity index (χ3n) is 2.86. The van der Waals surface area contributed by atoms with E-state index >= 15 is 0 Å². The van der Waals surface area contributed by atoms with Crippen LogP contribution in [0.5, 0.6) is 5.75 Å². The lowest BCUT2D eigenvalue weighted by Gasteiger charge is -2.15. The number of halogens is 3. The first kappa shape index (κ1) is 16.8. The van der Waals surface area contributed by atoms with Crippen molar-refractivity contribution in [2.45, 2.75) is 45.8 Å². The number of benzene rings is 1. The summed E-state index contributed by atoms with van der Waals surface area (Å²) in [6.07, 6.45) is -1.80. The first-order valence-corrected chi connectivity index (χ1v) is 7.02. The molecule has 0 aliphatic rings. The van der Waals surface area contributed by atoms with E-state index in [0.717, 1.165) is 25.8 Å². The molecule has 0 amide bonds. The standard InChI is InChI=1S/C15H22F3NO/c1-3-5-9-20-14-7-6-12(11-19-8-4-2)10-13(14)15(16,17)18/h6-7,10,19H,3-5,8-9,11H2,1-2H3. The Morgan fingerprint density at radius 2 is 1.90 bits per heavy atom. The molecule has 0 aliphatic carbocycles. The Bertz CT molecular complexity index is 405. The van der Waals surface area contributed by atoms with Crippen molar-refractivity contribution in [3.63, 3.8) is 0 Å². The molecule has 5 heteroatoms. The van der Waals surface area contributed by atoms with Gasteiger partial charge in [-0.2, -0.15) is 13.2 Å². The molecule has 0 fully saturated rings. The van der Waals surface area contributed by atoms with Crippen molar-refractivity contribution in [3.8, 4) is 5.75 Å². The minimum absolute atomic E-state index is 0.0785. The molecule has 1 rings (SSSR count). The van der Waals surface area contributed by atoms with Crippen LogP contribution in [0, 0.1) is 0 Å². The number of rotatable bonds is 8. The molecule has 0 atom stereocenters. The van der Waals surface area contributed by atoms with Crippen LogP contribution < -0.4 is 10.1 Å². The molecule has 0 unspecified atom stereocenters. The molecule has 1 N–H and O–H groups in total. The van der Waals surface area contributed by atoms with Crippen LogP contribution in [-0.2, 0) is 12.7 Å². The molecule has 0 radical (unpaired) electrons. The lowest BCUT2D eigenvalue weighted by Crippen LogP contribution is -2.15. The van der Waals surface area contributed by atoms with Gasteiger partial charge in [0.15, 0.2) is 0 Å². The largest absolute Gasteiger partial charge is 0.493 e. The zero-order valence-electron chi connectivity index (χ0n) is 12.0. The predicted molar refractivity (Wildman–Crippen MR) is 73.8 cm³/mol. The maximum atomic E-state index is 13.0. The van der Waals surface area contributed by atoms with Crippen LogP contribution in [0.3, 0.4) is 0 Å². The normalized spacial score (nSPS) is 11.7. The minimum atomic E-state index is -4.39. The van der Waals surface area contributed by atoms with Gasteiger partial charge in [0.2, 0.25) is 0 Å². The van der Waals surface area contributed by atoms with E-state index in [2.05, 4.69) is 5.32 Å². The van der Waals surface area contributed by atoms with Crippen molar-refractivity contribution in [3.05, 3.63) is 29.3 Å². The van der Waals surface area contributed by atoms with E-state index in [9.17, 15) is 13.2 Å². The molecule has 0 aliphatic heterocycles. The van der Waals surface area contributed by atoms with Gasteiger partial charge in [-0.15, -0.1) is 0 Å². The van der Waals surface area contributed by atoms with E-state index in [0.29, 0.717) is 18.7 Å². The lowest BCUT2D eigenvalue weighted by molar-refractivity contribution is -0.139. The summed E-state index contributed by atoms with van der Waals surface area (Å²) in [4.78, 5) is 0. The summed E-state index contributed by atoms with van der Waals surface area (Å²) in [5, 5.41) is 3.09.